The molecular formula is C27H41N5O3S. The number of likely N-dealkylation sites (tertiary alicyclic amines) is 1. The van der Waals surface area contributed by atoms with Crippen molar-refractivity contribution < 1.29 is 13.2 Å². The highest BCUT2D eigenvalue weighted by Crippen LogP contribution is 2.30. The Morgan fingerprint density at radius 2 is 1.67 bits per heavy atom. The number of carbonyl (C=O) groups is 1. The Kier molecular flexibility index (Phi) is 8.50. The summed E-state index contributed by atoms with van der Waals surface area (Å²) in [6.45, 7) is 10.6. The molecule has 4 rings (SSSR count). The SMILES string of the molecule is Cc1nnc(C(C)C)n1C1CCN(C(C)C[C@H](NC(=O)C2CCS(=O)(=O)CC2)c2ccccc2)CC1. The van der Waals surface area contributed by atoms with Gasteiger partial charge in [0.25, 0.3) is 0 Å². The zero-order valence-corrected chi connectivity index (χ0v) is 22.9. The molecule has 2 aliphatic heterocycles. The molecule has 2 saturated heterocycles. The predicted octanol–water partition coefficient (Wildman–Crippen LogP) is 3.81. The van der Waals surface area contributed by atoms with Crippen LogP contribution in [0.2, 0.25) is 0 Å². The topological polar surface area (TPSA) is 97.2 Å². The van der Waals surface area contributed by atoms with Crippen LogP contribution in [0.4, 0.5) is 0 Å². The van der Waals surface area contributed by atoms with Crippen LogP contribution in [0, 0.1) is 12.8 Å². The highest BCUT2D eigenvalue weighted by atomic mass is 32.2. The first-order chi connectivity index (χ1) is 17.1. The van der Waals surface area contributed by atoms with Crippen LogP contribution in [-0.4, -0.2) is 64.6 Å². The summed E-state index contributed by atoms with van der Waals surface area (Å²) in [7, 11) is -2.99. The molecule has 0 aliphatic carbocycles. The minimum atomic E-state index is -2.99. The van der Waals surface area contributed by atoms with E-state index in [1.165, 1.54) is 0 Å². The molecule has 198 valence electrons. The maximum atomic E-state index is 13.1. The van der Waals surface area contributed by atoms with Crippen molar-refractivity contribution in [3.8, 4) is 0 Å². The maximum absolute atomic E-state index is 13.1. The number of hydrogen-bond acceptors (Lipinski definition) is 6. The van der Waals surface area contributed by atoms with Crippen LogP contribution in [-0.2, 0) is 14.6 Å². The van der Waals surface area contributed by atoms with Gasteiger partial charge in [0, 0.05) is 37.0 Å². The monoisotopic (exact) mass is 515 g/mol. The van der Waals surface area contributed by atoms with E-state index in [4.69, 9.17) is 0 Å². The van der Waals surface area contributed by atoms with Gasteiger partial charge in [-0.3, -0.25) is 4.79 Å². The van der Waals surface area contributed by atoms with Crippen molar-refractivity contribution >= 4 is 15.7 Å². The Labute approximate surface area is 215 Å². The lowest BCUT2D eigenvalue weighted by Crippen LogP contribution is -2.44. The third-order valence-corrected chi connectivity index (χ3v) is 9.63. The number of carbonyl (C=O) groups excluding carboxylic acids is 1. The number of sulfone groups is 1. The first-order valence-electron chi connectivity index (χ1n) is 13.4. The normalized spacial score (nSPS) is 21.4. The first-order valence-corrected chi connectivity index (χ1v) is 15.2. The summed E-state index contributed by atoms with van der Waals surface area (Å²) in [5.74, 6) is 2.38. The third kappa shape index (κ3) is 6.35. The second kappa shape index (κ2) is 11.4. The Morgan fingerprint density at radius 3 is 2.28 bits per heavy atom. The Bertz CT molecular complexity index is 1110. The molecular weight excluding hydrogens is 474 g/mol. The number of piperidine rings is 1. The third-order valence-electron chi connectivity index (χ3n) is 7.92. The number of nitrogens with zero attached hydrogens (tertiary/aromatic N) is 4. The summed E-state index contributed by atoms with van der Waals surface area (Å²) in [4.78, 5) is 15.6. The first kappa shape index (κ1) is 26.8. The standard InChI is InChI=1S/C27H41N5O3S/c1-19(2)26-30-29-21(4)32(26)24-10-14-31(15-11-24)20(3)18-25(22-8-6-5-7-9-22)28-27(33)23-12-16-36(34,35)17-13-23/h5-9,19-20,23-25H,10-18H2,1-4H3,(H,28,33)/t20?,25-/m0/s1. The molecule has 1 N–H and O–H groups in total. The van der Waals surface area contributed by atoms with Crippen molar-refractivity contribution in [1.82, 2.24) is 25.0 Å². The molecule has 36 heavy (non-hydrogen) atoms. The van der Waals surface area contributed by atoms with E-state index in [0.717, 1.165) is 49.6 Å². The van der Waals surface area contributed by atoms with Crippen LogP contribution in [0.25, 0.3) is 0 Å². The van der Waals surface area contributed by atoms with Gasteiger partial charge in [-0.25, -0.2) is 8.42 Å². The average Bonchev–Trinajstić information content (AvgIpc) is 3.25. The summed E-state index contributed by atoms with van der Waals surface area (Å²) in [5.41, 5.74) is 1.10. The molecule has 1 unspecified atom stereocenters. The lowest BCUT2D eigenvalue weighted by atomic mass is 9.95. The minimum Gasteiger partial charge on any atom is -0.349 e. The molecule has 2 fully saturated rings. The van der Waals surface area contributed by atoms with E-state index in [1.807, 2.05) is 25.1 Å². The molecule has 3 heterocycles. The van der Waals surface area contributed by atoms with E-state index in [-0.39, 0.29) is 29.4 Å². The van der Waals surface area contributed by atoms with Crippen LogP contribution in [0.15, 0.2) is 30.3 Å². The molecule has 9 heteroatoms. The van der Waals surface area contributed by atoms with E-state index in [1.54, 1.807) is 0 Å². The zero-order valence-electron chi connectivity index (χ0n) is 22.1. The second-order valence-corrected chi connectivity index (χ2v) is 13.2. The van der Waals surface area contributed by atoms with Crippen LogP contribution in [0.5, 0.6) is 0 Å². The summed E-state index contributed by atoms with van der Waals surface area (Å²) in [5, 5.41) is 12.0. The van der Waals surface area contributed by atoms with Crippen molar-refractivity contribution in [2.45, 2.75) is 83.8 Å². The number of hydrogen-bond donors (Lipinski definition) is 1. The maximum Gasteiger partial charge on any atom is 0.223 e. The number of aromatic nitrogens is 3. The number of nitrogens with one attached hydrogen (secondary N) is 1. The summed E-state index contributed by atoms with van der Waals surface area (Å²) < 4.78 is 25.9. The van der Waals surface area contributed by atoms with Crippen molar-refractivity contribution in [2.24, 2.45) is 5.92 Å². The fraction of sp³-hybridized carbons (Fsp3) is 0.667. The van der Waals surface area contributed by atoms with Crippen LogP contribution in [0.3, 0.4) is 0 Å². The fourth-order valence-electron chi connectivity index (χ4n) is 5.71. The Morgan fingerprint density at radius 1 is 1.03 bits per heavy atom. The van der Waals surface area contributed by atoms with Crippen molar-refractivity contribution in [1.29, 1.82) is 0 Å². The molecule has 1 aromatic carbocycles. The molecule has 0 radical (unpaired) electrons. The largest absolute Gasteiger partial charge is 0.349 e. The summed E-state index contributed by atoms with van der Waals surface area (Å²) >= 11 is 0. The van der Waals surface area contributed by atoms with Gasteiger partial charge in [-0.15, -0.1) is 10.2 Å². The number of rotatable bonds is 8. The molecule has 2 atom stereocenters. The highest BCUT2D eigenvalue weighted by molar-refractivity contribution is 7.91. The highest BCUT2D eigenvalue weighted by Gasteiger charge is 2.32. The van der Waals surface area contributed by atoms with Gasteiger partial charge in [-0.05, 0) is 51.5 Å². The molecule has 8 nitrogen and oxygen atoms in total. The number of benzene rings is 1. The molecule has 1 amide bonds. The van der Waals surface area contributed by atoms with Crippen molar-refractivity contribution in [3.63, 3.8) is 0 Å². The van der Waals surface area contributed by atoms with Crippen LogP contribution in [0.1, 0.15) is 88.1 Å². The lowest BCUT2D eigenvalue weighted by Gasteiger charge is -2.38. The molecule has 0 spiro atoms. The molecule has 0 bridgehead atoms. The molecule has 0 saturated carbocycles. The van der Waals surface area contributed by atoms with Crippen LogP contribution < -0.4 is 5.32 Å². The lowest BCUT2D eigenvalue weighted by molar-refractivity contribution is -0.126. The fourth-order valence-corrected chi connectivity index (χ4v) is 7.20. The van der Waals surface area contributed by atoms with Crippen molar-refractivity contribution in [2.75, 3.05) is 24.6 Å². The van der Waals surface area contributed by atoms with Gasteiger partial charge < -0.3 is 14.8 Å². The summed E-state index contributed by atoms with van der Waals surface area (Å²) in [6.07, 6.45) is 3.76. The van der Waals surface area contributed by atoms with E-state index < -0.39 is 9.84 Å². The zero-order chi connectivity index (χ0) is 25.9. The summed E-state index contributed by atoms with van der Waals surface area (Å²) in [6, 6.07) is 10.8. The minimum absolute atomic E-state index is 0.0195. The van der Waals surface area contributed by atoms with E-state index in [0.29, 0.717) is 30.8 Å². The molecule has 2 aromatic rings. The van der Waals surface area contributed by atoms with Crippen molar-refractivity contribution in [3.05, 3.63) is 47.5 Å². The molecule has 1 aromatic heterocycles. The van der Waals surface area contributed by atoms with Gasteiger partial charge in [0.15, 0.2) is 0 Å². The van der Waals surface area contributed by atoms with Gasteiger partial charge in [0.05, 0.1) is 17.5 Å². The van der Waals surface area contributed by atoms with Gasteiger partial charge in [-0.1, -0.05) is 44.2 Å². The smallest absolute Gasteiger partial charge is 0.223 e. The molecule has 2 aliphatic rings. The van der Waals surface area contributed by atoms with Gasteiger partial charge in [0.1, 0.15) is 21.5 Å². The predicted molar refractivity (Wildman–Crippen MR) is 141 cm³/mol. The van der Waals surface area contributed by atoms with Gasteiger partial charge in [0.2, 0.25) is 5.91 Å². The van der Waals surface area contributed by atoms with Gasteiger partial charge in [-0.2, -0.15) is 0 Å². The quantitative estimate of drug-likeness (QED) is 0.574. The number of aryl methyl sites for hydroxylation is 1. The number of amides is 1. The Hall–Kier alpha value is -2.26. The van der Waals surface area contributed by atoms with E-state index >= 15 is 0 Å². The average molecular weight is 516 g/mol. The van der Waals surface area contributed by atoms with Gasteiger partial charge >= 0.3 is 0 Å². The van der Waals surface area contributed by atoms with Crippen LogP contribution >= 0.6 is 0 Å². The second-order valence-electron chi connectivity index (χ2n) is 10.9. The van der Waals surface area contributed by atoms with E-state index in [2.05, 4.69) is 57.9 Å². The van der Waals surface area contributed by atoms with E-state index in [9.17, 15) is 13.2 Å². The Balaban J connectivity index is 1.39.